The molecule has 0 aromatic heterocycles. The first-order valence-corrected chi connectivity index (χ1v) is 8.02. The van der Waals surface area contributed by atoms with Crippen LogP contribution in [0.5, 0.6) is 11.5 Å². The number of carboxylic acid groups (broad SMARTS) is 1. The van der Waals surface area contributed by atoms with Crippen molar-refractivity contribution in [1.82, 2.24) is 0 Å². The highest BCUT2D eigenvalue weighted by molar-refractivity contribution is 6.03. The fourth-order valence-corrected chi connectivity index (χ4v) is 4.08. The Morgan fingerprint density at radius 3 is 2.57 bits per heavy atom. The largest absolute Gasteiger partial charge is 0.493 e. The van der Waals surface area contributed by atoms with Gasteiger partial charge in [0.15, 0.2) is 17.3 Å². The molecule has 0 amide bonds. The number of hydrogen-bond donors (Lipinski definition) is 1. The van der Waals surface area contributed by atoms with Crippen LogP contribution in [0.15, 0.2) is 6.07 Å². The molecule has 2 aliphatic carbocycles. The number of carbonyl (C=O) groups is 2. The molecule has 3 atom stereocenters. The van der Waals surface area contributed by atoms with Crippen LogP contribution < -0.4 is 9.47 Å². The molecule has 2 bridgehead atoms. The highest BCUT2D eigenvalue weighted by Crippen LogP contribution is 2.57. The van der Waals surface area contributed by atoms with E-state index in [1.807, 2.05) is 6.07 Å². The lowest BCUT2D eigenvalue weighted by Gasteiger charge is -2.23. The molecule has 2 aliphatic rings. The summed E-state index contributed by atoms with van der Waals surface area (Å²) in [6, 6.07) is 2.00. The summed E-state index contributed by atoms with van der Waals surface area (Å²) < 4.78 is 10.9. The molecule has 5 nitrogen and oxygen atoms in total. The van der Waals surface area contributed by atoms with E-state index < -0.39 is 11.9 Å². The molecule has 1 aromatic rings. The maximum atomic E-state index is 12.8. The average Bonchev–Trinajstić information content (AvgIpc) is 3.14. The van der Waals surface area contributed by atoms with Crippen LogP contribution in [0.4, 0.5) is 0 Å². The molecule has 1 aromatic carbocycles. The van der Waals surface area contributed by atoms with Crippen LogP contribution >= 0.6 is 0 Å². The Morgan fingerprint density at radius 1 is 1.26 bits per heavy atom. The molecule has 124 valence electrons. The molecule has 3 unspecified atom stereocenters. The quantitative estimate of drug-likeness (QED) is 0.814. The minimum atomic E-state index is -0.960. The molecule has 0 saturated heterocycles. The van der Waals surface area contributed by atoms with Crippen LogP contribution in [-0.2, 0) is 4.79 Å². The number of Topliss-reactive ketones (excluding diaryl/α,β-unsaturated/α-hetero) is 1. The summed E-state index contributed by atoms with van der Waals surface area (Å²) in [7, 11) is 3.08. The summed E-state index contributed by atoms with van der Waals surface area (Å²) >= 11 is 0. The van der Waals surface area contributed by atoms with Crippen molar-refractivity contribution in [2.24, 2.45) is 5.92 Å². The van der Waals surface area contributed by atoms with Gasteiger partial charge in [0.1, 0.15) is 0 Å². The van der Waals surface area contributed by atoms with E-state index >= 15 is 0 Å². The van der Waals surface area contributed by atoms with Crippen molar-refractivity contribution in [2.75, 3.05) is 14.2 Å². The molecule has 0 heterocycles. The minimum Gasteiger partial charge on any atom is -0.493 e. The van der Waals surface area contributed by atoms with Crippen LogP contribution in [0.3, 0.4) is 0 Å². The van der Waals surface area contributed by atoms with Crippen molar-refractivity contribution in [2.45, 2.75) is 44.4 Å². The highest BCUT2D eigenvalue weighted by Gasteiger charge is 2.42. The summed E-state index contributed by atoms with van der Waals surface area (Å²) in [4.78, 5) is 23.9. The number of hydrogen-bond acceptors (Lipinski definition) is 4. The molecule has 1 N–H and O–H groups in total. The Hall–Kier alpha value is -2.04. The zero-order valence-electron chi connectivity index (χ0n) is 13.7. The van der Waals surface area contributed by atoms with E-state index in [1.165, 1.54) is 12.7 Å². The Labute approximate surface area is 135 Å². The van der Waals surface area contributed by atoms with E-state index in [2.05, 4.69) is 0 Å². The molecule has 0 aliphatic heterocycles. The predicted molar refractivity (Wildman–Crippen MR) is 84.6 cm³/mol. The lowest BCUT2D eigenvalue weighted by atomic mass is 9.84. The van der Waals surface area contributed by atoms with E-state index in [-0.39, 0.29) is 12.2 Å². The topological polar surface area (TPSA) is 72.8 Å². The molecule has 0 radical (unpaired) electrons. The van der Waals surface area contributed by atoms with Gasteiger partial charge in [-0.2, -0.15) is 0 Å². The van der Waals surface area contributed by atoms with E-state index in [9.17, 15) is 9.59 Å². The molecule has 5 heteroatoms. The summed E-state index contributed by atoms with van der Waals surface area (Å²) in [6.45, 7) is 1.55. The molecule has 3 rings (SSSR count). The van der Waals surface area contributed by atoms with Gasteiger partial charge in [-0.05, 0) is 48.3 Å². The minimum absolute atomic E-state index is 0.0251. The van der Waals surface area contributed by atoms with Crippen molar-refractivity contribution < 1.29 is 24.2 Å². The summed E-state index contributed by atoms with van der Waals surface area (Å²) in [5.74, 6) is 0.0316. The number of aliphatic carboxylic acids is 1. The Balaban J connectivity index is 2.11. The van der Waals surface area contributed by atoms with Gasteiger partial charge in [-0.25, -0.2) is 0 Å². The van der Waals surface area contributed by atoms with Gasteiger partial charge in [0.05, 0.1) is 25.7 Å². The summed E-state index contributed by atoms with van der Waals surface area (Å²) in [5.41, 5.74) is 2.80. The third-order valence-electron chi connectivity index (χ3n) is 5.21. The third-order valence-corrected chi connectivity index (χ3v) is 5.21. The fraction of sp³-hybridized carbons (Fsp3) is 0.556. The SMILES string of the molecule is COc1cc2c(c(C(=O)CC(C)C(=O)O)c1OC)C1CCC2C1. The lowest BCUT2D eigenvalue weighted by molar-refractivity contribution is -0.141. The number of carbonyl (C=O) groups excluding carboxylic acids is 1. The van der Waals surface area contributed by atoms with E-state index in [4.69, 9.17) is 14.6 Å². The van der Waals surface area contributed by atoms with Crippen molar-refractivity contribution in [3.63, 3.8) is 0 Å². The van der Waals surface area contributed by atoms with Gasteiger partial charge in [0, 0.05) is 6.42 Å². The summed E-state index contributed by atoms with van der Waals surface area (Å²) in [5, 5.41) is 9.10. The Morgan fingerprint density at radius 2 is 1.96 bits per heavy atom. The zero-order valence-corrected chi connectivity index (χ0v) is 13.7. The normalized spacial score (nSPS) is 22.6. The van der Waals surface area contributed by atoms with Crippen LogP contribution in [-0.4, -0.2) is 31.1 Å². The van der Waals surface area contributed by atoms with Crippen molar-refractivity contribution >= 4 is 11.8 Å². The zero-order chi connectivity index (χ0) is 16.7. The number of benzene rings is 1. The van der Waals surface area contributed by atoms with E-state index in [1.54, 1.807) is 14.0 Å². The monoisotopic (exact) mass is 318 g/mol. The molecule has 1 saturated carbocycles. The van der Waals surface area contributed by atoms with Crippen LogP contribution in [0.25, 0.3) is 0 Å². The highest BCUT2D eigenvalue weighted by atomic mass is 16.5. The van der Waals surface area contributed by atoms with Gasteiger partial charge in [0.2, 0.25) is 0 Å². The maximum absolute atomic E-state index is 12.8. The number of fused-ring (bicyclic) bond motifs is 5. The van der Waals surface area contributed by atoms with E-state index in [0.717, 1.165) is 24.8 Å². The second kappa shape index (κ2) is 5.87. The second-order valence-electron chi connectivity index (χ2n) is 6.56. The average molecular weight is 318 g/mol. The molecule has 0 spiro atoms. The predicted octanol–water partition coefficient (Wildman–Crippen LogP) is 3.36. The van der Waals surface area contributed by atoms with Crippen molar-refractivity contribution in [1.29, 1.82) is 0 Å². The lowest BCUT2D eigenvalue weighted by Crippen LogP contribution is -2.18. The van der Waals surface area contributed by atoms with Gasteiger partial charge < -0.3 is 14.6 Å². The van der Waals surface area contributed by atoms with Gasteiger partial charge in [-0.3, -0.25) is 9.59 Å². The first kappa shape index (κ1) is 15.8. The number of methoxy groups -OCH3 is 2. The fourth-order valence-electron chi connectivity index (χ4n) is 4.08. The van der Waals surface area contributed by atoms with Crippen molar-refractivity contribution in [3.8, 4) is 11.5 Å². The first-order valence-electron chi connectivity index (χ1n) is 8.02. The number of ether oxygens (including phenoxy) is 2. The Bertz CT molecular complexity index is 664. The van der Waals surface area contributed by atoms with Gasteiger partial charge in [-0.15, -0.1) is 0 Å². The maximum Gasteiger partial charge on any atom is 0.306 e. The molecule has 23 heavy (non-hydrogen) atoms. The van der Waals surface area contributed by atoms with Crippen LogP contribution in [0.1, 0.15) is 65.9 Å². The number of rotatable bonds is 6. The Kier molecular flexibility index (Phi) is 4.04. The number of ketones is 1. The van der Waals surface area contributed by atoms with E-state index in [0.29, 0.717) is 28.9 Å². The van der Waals surface area contributed by atoms with Gasteiger partial charge in [0.25, 0.3) is 0 Å². The molecular formula is C18H22O5. The van der Waals surface area contributed by atoms with Gasteiger partial charge >= 0.3 is 5.97 Å². The van der Waals surface area contributed by atoms with Gasteiger partial charge in [-0.1, -0.05) is 6.92 Å². The first-order chi connectivity index (χ1) is 11.0. The van der Waals surface area contributed by atoms with Crippen LogP contribution in [0.2, 0.25) is 0 Å². The number of carboxylic acids is 1. The molecular weight excluding hydrogens is 296 g/mol. The summed E-state index contributed by atoms with van der Waals surface area (Å²) in [6.07, 6.45) is 3.28. The standard InChI is InChI=1S/C18H22O5/c1-9(18(20)21)6-13(19)16-15-11-5-4-10(7-11)12(15)8-14(22-2)17(16)23-3/h8-11H,4-7H2,1-3H3,(H,20,21). The molecule has 1 fully saturated rings. The van der Waals surface area contributed by atoms with Crippen LogP contribution in [0, 0.1) is 5.92 Å². The van der Waals surface area contributed by atoms with Crippen molar-refractivity contribution in [3.05, 3.63) is 22.8 Å². The third kappa shape index (κ3) is 2.48. The smallest absolute Gasteiger partial charge is 0.306 e. The second-order valence-corrected chi connectivity index (χ2v) is 6.56.